The van der Waals surface area contributed by atoms with Gasteiger partial charge >= 0.3 is 0 Å². The van der Waals surface area contributed by atoms with E-state index < -0.39 is 0 Å². The minimum atomic E-state index is 0.00611. The van der Waals surface area contributed by atoms with Crippen LogP contribution < -0.4 is 4.90 Å². The fourth-order valence-corrected chi connectivity index (χ4v) is 2.81. The normalized spacial score (nSPS) is 16.7. The summed E-state index contributed by atoms with van der Waals surface area (Å²) in [4.78, 5) is 13.7. The average molecular weight is 282 g/mol. The number of halogens is 1. The number of benzene rings is 1. The SMILES string of the molecule is CCOC1CCN(c2ccc(C(C)=O)c(Cl)c2)CC1. The first kappa shape index (κ1) is 14.4. The summed E-state index contributed by atoms with van der Waals surface area (Å²) in [5.41, 5.74) is 1.68. The molecule has 0 amide bonds. The first-order chi connectivity index (χ1) is 9.11. The van der Waals surface area contributed by atoms with Crippen molar-refractivity contribution in [2.45, 2.75) is 32.8 Å². The second-order valence-corrected chi connectivity index (χ2v) is 5.27. The standard InChI is InChI=1S/C15H20ClNO2/c1-3-19-13-6-8-17(9-7-13)12-4-5-14(11(2)18)15(16)10-12/h4-5,10,13H,3,6-9H2,1-2H3. The van der Waals surface area contributed by atoms with Gasteiger partial charge in [0.25, 0.3) is 0 Å². The van der Waals surface area contributed by atoms with Crippen molar-refractivity contribution in [2.75, 3.05) is 24.6 Å². The van der Waals surface area contributed by atoms with E-state index in [4.69, 9.17) is 16.3 Å². The molecule has 0 aliphatic carbocycles. The Hall–Kier alpha value is -1.06. The summed E-state index contributed by atoms with van der Waals surface area (Å²) in [5, 5.41) is 0.539. The Kier molecular flexibility index (Phi) is 4.83. The van der Waals surface area contributed by atoms with E-state index in [1.54, 1.807) is 0 Å². The Morgan fingerprint density at radius 1 is 1.42 bits per heavy atom. The number of Topliss-reactive ketones (excluding diaryl/α,β-unsaturated/α-hetero) is 1. The highest BCUT2D eigenvalue weighted by molar-refractivity contribution is 6.34. The van der Waals surface area contributed by atoms with Crippen LogP contribution in [0, 0.1) is 0 Å². The van der Waals surface area contributed by atoms with E-state index in [0.717, 1.165) is 38.2 Å². The van der Waals surface area contributed by atoms with E-state index in [9.17, 15) is 4.79 Å². The lowest BCUT2D eigenvalue weighted by Gasteiger charge is -2.33. The maximum absolute atomic E-state index is 11.4. The maximum atomic E-state index is 11.4. The summed E-state index contributed by atoms with van der Waals surface area (Å²) in [7, 11) is 0. The van der Waals surface area contributed by atoms with Crippen molar-refractivity contribution >= 4 is 23.1 Å². The van der Waals surface area contributed by atoms with Gasteiger partial charge in [-0.3, -0.25) is 4.79 Å². The fraction of sp³-hybridized carbons (Fsp3) is 0.533. The number of piperidine rings is 1. The van der Waals surface area contributed by atoms with Gasteiger partial charge in [0, 0.05) is 30.9 Å². The molecule has 1 fully saturated rings. The summed E-state index contributed by atoms with van der Waals surface area (Å²) >= 11 is 6.15. The first-order valence-corrected chi connectivity index (χ1v) is 7.16. The van der Waals surface area contributed by atoms with Gasteiger partial charge in [0.15, 0.2) is 5.78 Å². The molecule has 0 atom stereocenters. The molecule has 1 saturated heterocycles. The topological polar surface area (TPSA) is 29.5 Å². The molecule has 0 N–H and O–H groups in total. The molecule has 19 heavy (non-hydrogen) atoms. The maximum Gasteiger partial charge on any atom is 0.161 e. The molecule has 0 bridgehead atoms. The average Bonchev–Trinajstić information content (AvgIpc) is 2.39. The van der Waals surface area contributed by atoms with E-state index in [-0.39, 0.29) is 5.78 Å². The number of hydrogen-bond donors (Lipinski definition) is 0. The van der Waals surface area contributed by atoms with Crippen LogP contribution in [0.4, 0.5) is 5.69 Å². The predicted octanol–water partition coefficient (Wildman–Crippen LogP) is 3.55. The summed E-state index contributed by atoms with van der Waals surface area (Å²) in [6.45, 7) is 6.30. The number of hydrogen-bond acceptors (Lipinski definition) is 3. The molecule has 1 heterocycles. The van der Waals surface area contributed by atoms with Gasteiger partial charge in [-0.05, 0) is 44.9 Å². The Bertz CT molecular complexity index is 453. The second kappa shape index (κ2) is 6.40. The zero-order valence-electron chi connectivity index (χ0n) is 11.5. The molecule has 0 saturated carbocycles. The Balaban J connectivity index is 2.04. The third-order valence-corrected chi connectivity index (χ3v) is 3.85. The molecular weight excluding hydrogens is 262 g/mol. The van der Waals surface area contributed by atoms with Crippen molar-refractivity contribution in [3.8, 4) is 0 Å². The largest absolute Gasteiger partial charge is 0.378 e. The van der Waals surface area contributed by atoms with Crippen molar-refractivity contribution in [3.63, 3.8) is 0 Å². The van der Waals surface area contributed by atoms with E-state index in [1.807, 2.05) is 25.1 Å². The molecule has 3 nitrogen and oxygen atoms in total. The minimum Gasteiger partial charge on any atom is -0.378 e. The van der Waals surface area contributed by atoms with Gasteiger partial charge in [-0.2, -0.15) is 0 Å². The fourth-order valence-electron chi connectivity index (χ4n) is 2.50. The van der Waals surface area contributed by atoms with Crippen molar-refractivity contribution in [1.29, 1.82) is 0 Å². The summed E-state index contributed by atoms with van der Waals surface area (Å²) in [6, 6.07) is 5.68. The highest BCUT2D eigenvalue weighted by Crippen LogP contribution is 2.27. The molecule has 1 aliphatic rings. The van der Waals surface area contributed by atoms with Gasteiger partial charge in [0.05, 0.1) is 11.1 Å². The highest BCUT2D eigenvalue weighted by atomic mass is 35.5. The molecule has 1 aliphatic heterocycles. The number of ether oxygens (including phenoxy) is 1. The highest BCUT2D eigenvalue weighted by Gasteiger charge is 2.20. The van der Waals surface area contributed by atoms with Crippen LogP contribution in [0.2, 0.25) is 5.02 Å². The molecule has 104 valence electrons. The molecule has 4 heteroatoms. The molecular formula is C15H20ClNO2. The van der Waals surface area contributed by atoms with Crippen LogP contribution in [0.3, 0.4) is 0 Å². The smallest absolute Gasteiger partial charge is 0.161 e. The summed E-state index contributed by atoms with van der Waals surface area (Å²) in [6.07, 6.45) is 2.47. The molecule has 0 radical (unpaired) electrons. The van der Waals surface area contributed by atoms with Gasteiger partial charge < -0.3 is 9.64 Å². The van der Waals surface area contributed by atoms with Crippen LogP contribution in [0.5, 0.6) is 0 Å². The van der Waals surface area contributed by atoms with Crippen LogP contribution in [-0.4, -0.2) is 31.6 Å². The number of nitrogens with zero attached hydrogens (tertiary/aromatic N) is 1. The van der Waals surface area contributed by atoms with Crippen LogP contribution in [0.1, 0.15) is 37.0 Å². The molecule has 0 aromatic heterocycles. The zero-order chi connectivity index (χ0) is 13.8. The van der Waals surface area contributed by atoms with Crippen LogP contribution in [-0.2, 0) is 4.74 Å². The van der Waals surface area contributed by atoms with Gasteiger partial charge in [0.2, 0.25) is 0 Å². The number of carbonyl (C=O) groups excluding carboxylic acids is 1. The molecule has 0 unspecified atom stereocenters. The van der Waals surface area contributed by atoms with Gasteiger partial charge in [0.1, 0.15) is 0 Å². The minimum absolute atomic E-state index is 0.00611. The predicted molar refractivity (Wildman–Crippen MR) is 78.3 cm³/mol. The Morgan fingerprint density at radius 2 is 2.11 bits per heavy atom. The van der Waals surface area contributed by atoms with Crippen LogP contribution in [0.15, 0.2) is 18.2 Å². The van der Waals surface area contributed by atoms with E-state index in [2.05, 4.69) is 4.90 Å². The third kappa shape index (κ3) is 3.48. The zero-order valence-corrected chi connectivity index (χ0v) is 12.2. The molecule has 1 aromatic rings. The molecule has 2 rings (SSSR count). The van der Waals surface area contributed by atoms with Crippen molar-refractivity contribution in [2.24, 2.45) is 0 Å². The van der Waals surface area contributed by atoms with E-state index in [0.29, 0.717) is 16.7 Å². The lowest BCUT2D eigenvalue weighted by Crippen LogP contribution is -2.37. The first-order valence-electron chi connectivity index (χ1n) is 6.79. The third-order valence-electron chi connectivity index (χ3n) is 3.54. The van der Waals surface area contributed by atoms with Crippen LogP contribution >= 0.6 is 11.6 Å². The van der Waals surface area contributed by atoms with Gasteiger partial charge in [-0.25, -0.2) is 0 Å². The van der Waals surface area contributed by atoms with E-state index >= 15 is 0 Å². The van der Waals surface area contributed by atoms with Crippen molar-refractivity contribution < 1.29 is 9.53 Å². The van der Waals surface area contributed by atoms with Crippen LogP contribution in [0.25, 0.3) is 0 Å². The monoisotopic (exact) mass is 281 g/mol. The Morgan fingerprint density at radius 3 is 2.63 bits per heavy atom. The molecule has 0 spiro atoms. The van der Waals surface area contributed by atoms with Crippen molar-refractivity contribution in [3.05, 3.63) is 28.8 Å². The lowest BCUT2D eigenvalue weighted by molar-refractivity contribution is 0.0459. The lowest BCUT2D eigenvalue weighted by atomic mass is 10.1. The number of ketones is 1. The van der Waals surface area contributed by atoms with Gasteiger partial charge in [-0.15, -0.1) is 0 Å². The van der Waals surface area contributed by atoms with Gasteiger partial charge in [-0.1, -0.05) is 11.6 Å². The Labute approximate surface area is 119 Å². The number of carbonyl (C=O) groups is 1. The number of rotatable bonds is 4. The van der Waals surface area contributed by atoms with Crippen molar-refractivity contribution in [1.82, 2.24) is 0 Å². The summed E-state index contributed by atoms with van der Waals surface area (Å²) < 4.78 is 5.64. The quantitative estimate of drug-likeness (QED) is 0.791. The molecule has 1 aromatic carbocycles. The number of anilines is 1. The summed E-state index contributed by atoms with van der Waals surface area (Å²) in [5.74, 6) is 0.00611. The van der Waals surface area contributed by atoms with E-state index in [1.165, 1.54) is 6.92 Å². The second-order valence-electron chi connectivity index (χ2n) is 4.86.